The molecule has 474 valence electrons. The summed E-state index contributed by atoms with van der Waals surface area (Å²) >= 11 is 0. The lowest BCUT2D eigenvalue weighted by Crippen LogP contribution is -2.75. The Labute approximate surface area is 494 Å². The molecule has 0 atom stereocenters. The monoisotopic (exact) mass is 1310 g/mol. The molecule has 0 aliphatic carbocycles. The van der Waals surface area contributed by atoms with Crippen LogP contribution in [0.3, 0.4) is 0 Å². The lowest BCUT2D eigenvalue weighted by Gasteiger charge is -2.46. The smallest absolute Gasteiger partial charge is 0.416 e. The summed E-state index contributed by atoms with van der Waals surface area (Å²) in [7, 11) is 0. The average molecular weight is 1310 g/mol. The normalized spacial score (nSPS) is 13.2. The molecule has 0 aliphatic rings. The second-order valence-corrected chi connectivity index (χ2v) is 20.4. The summed E-state index contributed by atoms with van der Waals surface area (Å²) in [6.45, 7) is 0.00937. The van der Waals surface area contributed by atoms with E-state index in [1.165, 1.54) is 6.20 Å². The first kappa shape index (κ1) is 66.1. The number of carbonyl (C=O) groups is 2. The number of halogens is 24. The van der Waals surface area contributed by atoms with E-state index in [1.54, 1.807) is 29.1 Å². The number of aromatic nitrogens is 2. The Hall–Kier alpha value is -9.38. The fourth-order valence-electron chi connectivity index (χ4n) is 10.6. The largest absolute Gasteiger partial charge is 0.418 e. The molecule has 10 rings (SSSR count). The predicted octanol–water partition coefficient (Wildman–Crippen LogP) is 16.6. The van der Waals surface area contributed by atoms with Gasteiger partial charge in [-0.25, -0.2) is 4.79 Å². The van der Waals surface area contributed by atoms with Crippen molar-refractivity contribution in [1.29, 1.82) is 0 Å². The van der Waals surface area contributed by atoms with Crippen LogP contribution < -0.4 is 31.2 Å². The van der Waals surface area contributed by atoms with Gasteiger partial charge in [-0.05, 0) is 57.9 Å². The Balaban J connectivity index is 0.000000242. The lowest BCUT2D eigenvalue weighted by molar-refractivity contribution is -0.686. The summed E-state index contributed by atoms with van der Waals surface area (Å²) in [5, 5.41) is 6.46. The quantitative estimate of drug-likeness (QED) is 0.0275. The first-order valence-corrected chi connectivity index (χ1v) is 25.6. The number of Topliss-reactive ketones (excluding diaryl/α,β-unsaturated/α-hetero) is 1. The van der Waals surface area contributed by atoms with Crippen LogP contribution in [0, 0.1) is 0 Å². The number of nitrogens with zero attached hydrogens (tertiary/aromatic N) is 2. The summed E-state index contributed by atoms with van der Waals surface area (Å²) in [6, 6.07) is 18.4. The summed E-state index contributed by atoms with van der Waals surface area (Å²) in [6.07, 6.45) is -50.2. The van der Waals surface area contributed by atoms with E-state index in [2.05, 4.69) is 29.2 Å². The lowest BCUT2D eigenvalue weighted by atomic mass is 9.12. The van der Waals surface area contributed by atoms with Gasteiger partial charge in [0.25, 0.3) is 0 Å². The highest BCUT2D eigenvalue weighted by Gasteiger charge is 2.47. The zero-order valence-corrected chi connectivity index (χ0v) is 44.7. The molecule has 0 N–H and O–H groups in total. The number of esters is 1. The second-order valence-electron chi connectivity index (χ2n) is 20.4. The maximum Gasteiger partial charge on any atom is 0.416 e. The Morgan fingerprint density at radius 1 is 0.385 bits per heavy atom. The molecular weight excluding hydrogens is 1280 g/mol. The first-order valence-electron chi connectivity index (χ1n) is 25.6. The van der Waals surface area contributed by atoms with Gasteiger partial charge in [-0.3, -0.25) is 9.78 Å². The maximum absolute atomic E-state index is 14.2. The third-order valence-electron chi connectivity index (χ3n) is 14.6. The fraction of sp³-hybridized carbons (Fsp3) is 0.148. The zero-order chi connectivity index (χ0) is 67.0. The summed E-state index contributed by atoms with van der Waals surface area (Å²) in [4.78, 5) is 30.0. The van der Waals surface area contributed by atoms with Gasteiger partial charge in [0, 0.05) is 16.3 Å². The molecule has 91 heavy (non-hydrogen) atoms. The Kier molecular flexibility index (Phi) is 16.8. The molecule has 10 aromatic rings. The molecule has 0 saturated carbocycles. The van der Waals surface area contributed by atoms with E-state index in [1.807, 2.05) is 48.5 Å². The number of alkyl halides is 24. The molecular formula is C61H31BF24N2O3. The standard InChI is InChI=1S/C32H12BF24.C29H19N2O3/c34-25(35,36)13-1-14(26(37,38)39)6-21(5-13)33(22-7-15(27(40,41)42)2-16(8-22)28(43,44)45,23-9-17(29(46,47)48)3-18(10-23)30(49,50)51)24-11-19(31(52,53)54)4-20(12-24)32(55,56)57;32-25(19-5-2-1-3-6-19)18-31-16-15-30-17-24(31)29(33)34-26-14-12-22-10-9-20-7-4-8-21-11-13-23(26)28(22)27(20)21/h1-12H;1-17H,18H2/q-1;+1. The Morgan fingerprint density at radius 3 is 1.07 bits per heavy atom. The van der Waals surface area contributed by atoms with Gasteiger partial charge in [0.15, 0.2) is 6.20 Å². The van der Waals surface area contributed by atoms with Crippen molar-refractivity contribution in [2.45, 2.75) is 56.0 Å². The molecule has 1 aromatic heterocycles. The molecule has 30 heteroatoms. The minimum atomic E-state index is -6.13. The number of ketones is 1. The van der Waals surface area contributed by atoms with Gasteiger partial charge in [-0.2, -0.15) is 132 Å². The summed E-state index contributed by atoms with van der Waals surface area (Å²) in [5.41, 5.74) is -29.4. The van der Waals surface area contributed by atoms with Crippen molar-refractivity contribution in [3.63, 3.8) is 0 Å². The van der Waals surface area contributed by atoms with Crippen molar-refractivity contribution in [1.82, 2.24) is 4.98 Å². The zero-order valence-electron chi connectivity index (χ0n) is 44.7. The number of hydrogen-bond acceptors (Lipinski definition) is 4. The van der Waals surface area contributed by atoms with Crippen LogP contribution in [-0.4, -0.2) is 22.9 Å². The second kappa shape index (κ2) is 23.1. The number of rotatable bonds is 9. The van der Waals surface area contributed by atoms with Gasteiger partial charge in [0.1, 0.15) is 18.1 Å². The van der Waals surface area contributed by atoms with E-state index in [4.69, 9.17) is 4.74 Å². The molecule has 0 saturated heterocycles. The molecule has 0 fully saturated rings. The predicted molar refractivity (Wildman–Crippen MR) is 280 cm³/mol. The molecule has 0 spiro atoms. The minimum Gasteiger partial charge on any atom is -0.418 e. The number of carbonyl (C=O) groups excluding carboxylic acids is 2. The fourth-order valence-corrected chi connectivity index (χ4v) is 10.6. The van der Waals surface area contributed by atoms with Crippen LogP contribution in [0.1, 0.15) is 65.4 Å². The molecule has 1 heterocycles. The van der Waals surface area contributed by atoms with E-state index in [-0.39, 0.29) is 18.0 Å². The van der Waals surface area contributed by atoms with Crippen molar-refractivity contribution in [2.75, 3.05) is 0 Å². The third kappa shape index (κ3) is 13.7. The van der Waals surface area contributed by atoms with E-state index in [0.717, 1.165) is 32.3 Å². The van der Waals surface area contributed by atoms with Crippen LogP contribution in [0.15, 0.2) is 176 Å². The maximum atomic E-state index is 14.2. The molecule has 0 bridgehead atoms. The topological polar surface area (TPSA) is 60.1 Å². The van der Waals surface area contributed by atoms with Crippen LogP contribution in [0.25, 0.3) is 32.3 Å². The Morgan fingerprint density at radius 2 is 0.714 bits per heavy atom. The molecule has 9 aromatic carbocycles. The molecule has 0 radical (unpaired) electrons. The average Bonchev–Trinajstić information content (AvgIpc) is 0.723. The van der Waals surface area contributed by atoms with Crippen molar-refractivity contribution in [3.05, 3.63) is 232 Å². The van der Waals surface area contributed by atoms with Crippen molar-refractivity contribution < 1.29 is 124 Å². The van der Waals surface area contributed by atoms with E-state index >= 15 is 0 Å². The minimum absolute atomic E-state index is 0.00937. The van der Waals surface area contributed by atoms with Gasteiger partial charge < -0.3 is 4.74 Å². The van der Waals surface area contributed by atoms with Crippen LogP contribution >= 0.6 is 0 Å². The van der Waals surface area contributed by atoms with Gasteiger partial charge in [0.2, 0.25) is 12.3 Å². The number of benzene rings is 9. The summed E-state index contributed by atoms with van der Waals surface area (Å²) in [5.74, 6) is -0.196. The van der Waals surface area contributed by atoms with Gasteiger partial charge in [-0.1, -0.05) is 121 Å². The highest BCUT2D eigenvalue weighted by Crippen LogP contribution is 2.43. The van der Waals surface area contributed by atoms with E-state index in [0.29, 0.717) is 11.3 Å². The van der Waals surface area contributed by atoms with Crippen molar-refractivity contribution >= 4 is 72.1 Å². The van der Waals surface area contributed by atoms with Crippen molar-refractivity contribution in [3.8, 4) is 5.75 Å². The highest BCUT2D eigenvalue weighted by atomic mass is 19.4. The van der Waals surface area contributed by atoms with Crippen LogP contribution in [0.4, 0.5) is 105 Å². The number of ether oxygens (including phenoxy) is 1. The van der Waals surface area contributed by atoms with Crippen LogP contribution in [0.5, 0.6) is 5.75 Å². The van der Waals surface area contributed by atoms with Gasteiger partial charge >= 0.3 is 61.1 Å². The van der Waals surface area contributed by atoms with Crippen LogP contribution in [0.2, 0.25) is 0 Å². The van der Waals surface area contributed by atoms with Gasteiger partial charge in [-0.15, -0.1) is 0 Å². The van der Waals surface area contributed by atoms with E-state index in [9.17, 15) is 115 Å². The van der Waals surface area contributed by atoms with E-state index < -0.39 is 201 Å². The van der Waals surface area contributed by atoms with Gasteiger partial charge in [0.05, 0.1) is 50.7 Å². The summed E-state index contributed by atoms with van der Waals surface area (Å²) < 4.78 is 348. The first-order chi connectivity index (χ1) is 41.9. The molecule has 5 nitrogen and oxygen atoms in total. The van der Waals surface area contributed by atoms with Crippen molar-refractivity contribution in [2.24, 2.45) is 0 Å². The Bertz CT molecular complexity index is 3960. The third-order valence-corrected chi connectivity index (χ3v) is 14.6. The SMILES string of the molecule is FC(F)(F)c1cc([B-](c2cc(C(F)(F)F)cc(C(F)(F)F)c2)(c2cc(C(F)(F)F)cc(C(F)(F)F)c2)c2cc(C(F)(F)F)cc(C(F)(F)F)c2)cc(C(F)(F)F)c1.O=C(C[n+]1ccncc1C(=O)Oc1ccc2ccc3cccc4ccc1c2c34)c1ccccc1. The molecule has 0 unspecified atom stereocenters. The van der Waals surface area contributed by atoms with Crippen LogP contribution in [-0.2, 0) is 56.0 Å². The molecule has 0 amide bonds. The highest BCUT2D eigenvalue weighted by molar-refractivity contribution is 7.20. The number of hydrogen-bond donors (Lipinski definition) is 0. The molecule has 0 aliphatic heterocycles.